The van der Waals surface area contributed by atoms with Crippen molar-refractivity contribution in [3.63, 3.8) is 0 Å². The number of aryl methyl sites for hydroxylation is 1. The predicted octanol–water partition coefficient (Wildman–Crippen LogP) is 9.67. The van der Waals surface area contributed by atoms with E-state index in [4.69, 9.17) is 35.3 Å². The topological polar surface area (TPSA) is 112 Å². The standard InChI is InChI=1S/C46H47F11N6O6/c1-7-25-19-62-26(20-63(25)40(64)69-41(3,4)5)11-13-32-34-37(35(48)36(58-32)30-17-27(67-23-65-6)16-24-10-12-31(47)29(8-2)33(24)30)59-39(60-38(34)62)66-22-42-14-9-15-61(42)21-28(18-42)68-43(44(49,50)51,45(52,53)54)46(55,56)57/h2,10,12,16-17,25-26,28H,7,9,11,13-15,18-23H2,1,3-6H3/t25-,26-,28?,42+/m1/s1. The Labute approximate surface area is 388 Å². The molecule has 3 fully saturated rings. The Morgan fingerprint density at radius 3 is 2.28 bits per heavy atom. The third-order valence-corrected chi connectivity index (χ3v) is 13.2. The molecule has 4 aliphatic rings. The third kappa shape index (κ3) is 8.78. The van der Waals surface area contributed by atoms with Gasteiger partial charge in [-0.2, -0.15) is 49.5 Å². The van der Waals surface area contributed by atoms with E-state index in [0.717, 1.165) is 6.07 Å². The number of hydrogen-bond acceptors (Lipinski definition) is 11. The molecule has 8 rings (SSSR count). The van der Waals surface area contributed by atoms with Crippen LogP contribution in [0.2, 0.25) is 0 Å². The van der Waals surface area contributed by atoms with Gasteiger partial charge in [0.05, 0.1) is 34.3 Å². The van der Waals surface area contributed by atoms with Gasteiger partial charge < -0.3 is 33.5 Å². The van der Waals surface area contributed by atoms with E-state index in [-0.39, 0.29) is 83.9 Å². The van der Waals surface area contributed by atoms with Gasteiger partial charge in [-0.1, -0.05) is 18.9 Å². The van der Waals surface area contributed by atoms with Crippen LogP contribution in [0.3, 0.4) is 0 Å². The lowest BCUT2D eigenvalue weighted by Crippen LogP contribution is -2.68. The molecule has 0 N–H and O–H groups in total. The summed E-state index contributed by atoms with van der Waals surface area (Å²) in [7, 11) is 1.38. The fourth-order valence-corrected chi connectivity index (χ4v) is 10.1. The quantitative estimate of drug-likeness (QED) is 0.0861. The van der Waals surface area contributed by atoms with Crippen molar-refractivity contribution in [2.45, 2.75) is 120 Å². The zero-order valence-corrected chi connectivity index (χ0v) is 37.9. The molecule has 69 heavy (non-hydrogen) atoms. The zero-order valence-electron chi connectivity index (χ0n) is 37.9. The Hall–Kier alpha value is -5.47. The average molecular weight is 989 g/mol. The van der Waals surface area contributed by atoms with Crippen molar-refractivity contribution in [3.8, 4) is 35.4 Å². The van der Waals surface area contributed by atoms with Gasteiger partial charge in [-0.3, -0.25) is 4.90 Å². The highest BCUT2D eigenvalue weighted by molar-refractivity contribution is 6.03. The summed E-state index contributed by atoms with van der Waals surface area (Å²) in [5.74, 6) is 0.815. The molecule has 12 nitrogen and oxygen atoms in total. The zero-order chi connectivity index (χ0) is 50.2. The maximum absolute atomic E-state index is 17.8. The van der Waals surface area contributed by atoms with Crippen molar-refractivity contribution in [1.82, 2.24) is 24.8 Å². The first-order chi connectivity index (χ1) is 32.3. The number of benzene rings is 2. The number of rotatable bonds is 10. The molecule has 0 aliphatic carbocycles. The monoisotopic (exact) mass is 988 g/mol. The van der Waals surface area contributed by atoms with Gasteiger partial charge in [-0.15, -0.1) is 6.42 Å². The number of terminal acetylenes is 1. The number of alkyl halides is 9. The van der Waals surface area contributed by atoms with Crippen molar-refractivity contribution < 1.29 is 76.8 Å². The molecule has 0 radical (unpaired) electrons. The first-order valence-corrected chi connectivity index (χ1v) is 22.0. The number of piperazine rings is 1. The van der Waals surface area contributed by atoms with Crippen LogP contribution in [0.1, 0.15) is 71.1 Å². The summed E-state index contributed by atoms with van der Waals surface area (Å²) in [4.78, 5) is 32.6. The van der Waals surface area contributed by atoms with Gasteiger partial charge in [0.25, 0.3) is 0 Å². The third-order valence-electron chi connectivity index (χ3n) is 13.2. The number of amides is 1. The maximum Gasteiger partial charge on any atom is 0.435 e. The summed E-state index contributed by atoms with van der Waals surface area (Å²) in [6.45, 7) is 5.89. The number of pyridine rings is 1. The maximum atomic E-state index is 17.8. The van der Waals surface area contributed by atoms with Crippen LogP contribution in [0.15, 0.2) is 24.3 Å². The highest BCUT2D eigenvalue weighted by Gasteiger charge is 2.86. The number of fused-ring (bicyclic) bond motifs is 4. The minimum atomic E-state index is -6.93. The minimum Gasteiger partial charge on any atom is -0.468 e. The van der Waals surface area contributed by atoms with Crippen LogP contribution in [0.25, 0.3) is 32.9 Å². The van der Waals surface area contributed by atoms with Crippen LogP contribution < -0.4 is 14.4 Å². The predicted molar refractivity (Wildman–Crippen MR) is 227 cm³/mol. The molecule has 23 heteroatoms. The number of anilines is 1. The van der Waals surface area contributed by atoms with Crippen LogP contribution in [0, 0.1) is 24.0 Å². The number of halogens is 11. The molecule has 0 spiro atoms. The van der Waals surface area contributed by atoms with E-state index in [1.165, 1.54) is 24.1 Å². The van der Waals surface area contributed by atoms with E-state index in [2.05, 4.69) is 15.6 Å². The van der Waals surface area contributed by atoms with E-state index >= 15 is 8.78 Å². The van der Waals surface area contributed by atoms with Gasteiger partial charge in [0.1, 0.15) is 40.8 Å². The highest BCUT2D eigenvalue weighted by Crippen LogP contribution is 2.57. The number of ether oxygens (including phenoxy) is 5. The molecule has 3 saturated heterocycles. The smallest absolute Gasteiger partial charge is 0.435 e. The number of methoxy groups -OCH3 is 1. The minimum absolute atomic E-state index is 0.0126. The Morgan fingerprint density at radius 1 is 0.928 bits per heavy atom. The lowest BCUT2D eigenvalue weighted by molar-refractivity contribution is -0.463. The fourth-order valence-electron chi connectivity index (χ4n) is 10.1. The molecular weight excluding hydrogens is 942 g/mol. The van der Waals surface area contributed by atoms with E-state index in [9.17, 15) is 44.3 Å². The normalized spacial score (nSPS) is 22.4. The van der Waals surface area contributed by atoms with Gasteiger partial charge in [-0.05, 0) is 89.4 Å². The van der Waals surface area contributed by atoms with Crippen molar-refractivity contribution in [3.05, 3.63) is 47.2 Å². The van der Waals surface area contributed by atoms with Gasteiger partial charge in [0.15, 0.2) is 12.6 Å². The molecule has 4 aliphatic heterocycles. The largest absolute Gasteiger partial charge is 0.468 e. The molecule has 374 valence electrons. The van der Waals surface area contributed by atoms with Crippen molar-refractivity contribution in [2.75, 3.05) is 51.6 Å². The summed E-state index contributed by atoms with van der Waals surface area (Å²) in [6, 6.07) is 4.08. The van der Waals surface area contributed by atoms with Crippen LogP contribution in [0.5, 0.6) is 11.8 Å². The lowest BCUT2D eigenvalue weighted by atomic mass is 9.93. The van der Waals surface area contributed by atoms with Crippen LogP contribution >= 0.6 is 0 Å². The Morgan fingerprint density at radius 2 is 1.64 bits per heavy atom. The van der Waals surface area contributed by atoms with Gasteiger partial charge >= 0.3 is 36.2 Å². The number of carbonyl (C=O) groups is 1. The lowest BCUT2D eigenvalue weighted by Gasteiger charge is -2.46. The fraction of sp³-hybridized carbons (Fsp3) is 0.565. The second kappa shape index (κ2) is 17.7. The molecule has 0 bridgehead atoms. The summed E-state index contributed by atoms with van der Waals surface area (Å²) in [5, 5.41) is 0.623. The van der Waals surface area contributed by atoms with Gasteiger partial charge in [-0.25, -0.2) is 18.6 Å². The summed E-state index contributed by atoms with van der Waals surface area (Å²) >= 11 is 0. The number of hydrogen-bond donors (Lipinski definition) is 0. The molecule has 1 unspecified atom stereocenters. The molecular formula is C46H47F11N6O6. The first-order valence-electron chi connectivity index (χ1n) is 22.0. The van der Waals surface area contributed by atoms with Gasteiger partial charge in [0, 0.05) is 43.7 Å². The van der Waals surface area contributed by atoms with Gasteiger partial charge in [0.2, 0.25) is 0 Å². The second-order valence-corrected chi connectivity index (χ2v) is 18.7. The molecule has 1 amide bonds. The van der Waals surface area contributed by atoms with E-state index < -0.39 is 96.8 Å². The van der Waals surface area contributed by atoms with Crippen LogP contribution in [-0.4, -0.2) is 131 Å². The molecule has 0 saturated carbocycles. The van der Waals surface area contributed by atoms with E-state index in [1.807, 2.05) is 11.8 Å². The van der Waals surface area contributed by atoms with Crippen molar-refractivity contribution in [2.24, 2.45) is 0 Å². The van der Waals surface area contributed by atoms with Crippen molar-refractivity contribution in [1.29, 1.82) is 0 Å². The molecule has 2 aromatic heterocycles. The summed E-state index contributed by atoms with van der Waals surface area (Å²) in [6.07, 6.45) is -17.1. The SMILES string of the molecule is C#Cc1c(F)ccc2cc(OCOC)cc(-c3nc4c5c(nc(OC[C@@]67CCCN6CC(OC(C(F)(F)F)(C(F)(F)F)C(F)(F)F)C7)nc5c3F)N3C[C@@H](CC)N(C(=O)OC(C)(C)C)C[C@H]3CC4)c12. The van der Waals surface area contributed by atoms with Crippen molar-refractivity contribution >= 4 is 33.6 Å². The molecule has 4 aromatic rings. The summed E-state index contributed by atoms with van der Waals surface area (Å²) < 4.78 is 186. The highest BCUT2D eigenvalue weighted by atomic mass is 19.4. The number of carbonyl (C=O) groups excluding carboxylic acids is 1. The first kappa shape index (κ1) is 49.9. The van der Waals surface area contributed by atoms with E-state index in [0.29, 0.717) is 30.3 Å². The Kier molecular flexibility index (Phi) is 12.8. The number of nitrogens with zero attached hydrogens (tertiary/aromatic N) is 6. The van der Waals surface area contributed by atoms with Crippen LogP contribution in [-0.2, 0) is 20.6 Å². The Balaban J connectivity index is 1.25. The molecule has 4 atom stereocenters. The van der Waals surface area contributed by atoms with Crippen LogP contribution in [0.4, 0.5) is 58.9 Å². The molecule has 6 heterocycles. The summed E-state index contributed by atoms with van der Waals surface area (Å²) in [5.41, 5.74) is -9.33. The van der Waals surface area contributed by atoms with E-state index in [1.54, 1.807) is 31.7 Å². The second-order valence-electron chi connectivity index (χ2n) is 18.7. The average Bonchev–Trinajstić information content (AvgIpc) is 3.76. The Bertz CT molecular complexity index is 2650. The number of aromatic nitrogens is 3. The molecule has 2 aromatic carbocycles.